The Bertz CT molecular complexity index is 1340. The van der Waals surface area contributed by atoms with Crippen LogP contribution in [0.25, 0.3) is 33.5 Å². The van der Waals surface area contributed by atoms with Gasteiger partial charge >= 0.3 is 0 Å². The van der Waals surface area contributed by atoms with Gasteiger partial charge in [0.1, 0.15) is 17.2 Å². The van der Waals surface area contributed by atoms with Gasteiger partial charge in [-0.2, -0.15) is 4.98 Å². The Morgan fingerprint density at radius 2 is 1.96 bits per heavy atom. The fourth-order valence-corrected chi connectivity index (χ4v) is 3.19. The maximum absolute atomic E-state index is 13.1. The summed E-state index contributed by atoms with van der Waals surface area (Å²) in [4.78, 5) is 30.6. The van der Waals surface area contributed by atoms with Crippen molar-refractivity contribution >= 4 is 33.7 Å². The van der Waals surface area contributed by atoms with E-state index in [0.717, 1.165) is 0 Å². The van der Waals surface area contributed by atoms with Crippen LogP contribution in [0.15, 0.2) is 69.1 Å². The van der Waals surface area contributed by atoms with E-state index in [4.69, 9.17) is 20.8 Å². The molecule has 0 spiro atoms. The fraction of sp³-hybridized carbons (Fsp3) is 0.0952. The zero-order valence-electron chi connectivity index (χ0n) is 14.9. The number of hydrogen-bond donors (Lipinski definition) is 0. The summed E-state index contributed by atoms with van der Waals surface area (Å²) in [6.07, 6.45) is 1.57. The molecule has 0 unspecified atom stereocenters. The number of ether oxygens (including phenoxy) is 1. The Kier molecular flexibility index (Phi) is 4.49. The van der Waals surface area contributed by atoms with Crippen molar-refractivity contribution in [3.63, 3.8) is 0 Å². The van der Waals surface area contributed by atoms with Crippen molar-refractivity contribution in [1.82, 2.24) is 9.55 Å². The second-order valence-corrected chi connectivity index (χ2v) is 6.56. The van der Waals surface area contributed by atoms with Crippen LogP contribution < -0.4 is 15.7 Å². The molecule has 0 aliphatic carbocycles. The van der Waals surface area contributed by atoms with Crippen molar-refractivity contribution in [2.24, 2.45) is 0 Å². The van der Waals surface area contributed by atoms with Gasteiger partial charge in [-0.3, -0.25) is 14.2 Å². The molecule has 0 N–H and O–H groups in total. The number of allylic oxidation sites excluding steroid dienone is 1. The SMILES string of the molecule is C=CCn1c(-c2ccc(Cl)cc2)nc2oc3cc(OC)ccc3c(=O)c2c1=O. The standard InChI is InChI=1S/C21H15ClN2O4/c1-3-10-24-19(12-4-6-13(22)7-5-12)23-20-17(21(24)26)18(25)15-9-8-14(27-2)11-16(15)28-20/h3-9,11H,1,10H2,2H3. The van der Waals surface area contributed by atoms with Gasteiger partial charge in [0.05, 0.1) is 12.5 Å². The fourth-order valence-electron chi connectivity index (χ4n) is 3.06. The molecule has 0 bridgehead atoms. The van der Waals surface area contributed by atoms with Crippen LogP contribution in [0.2, 0.25) is 5.02 Å². The van der Waals surface area contributed by atoms with Crippen LogP contribution in [0.5, 0.6) is 5.75 Å². The summed E-state index contributed by atoms with van der Waals surface area (Å²) in [6, 6.07) is 11.7. The third-order valence-electron chi connectivity index (χ3n) is 4.42. The summed E-state index contributed by atoms with van der Waals surface area (Å²) in [5, 5.41) is 0.751. The lowest BCUT2D eigenvalue weighted by Gasteiger charge is -2.12. The predicted octanol–water partition coefficient (Wildman–Crippen LogP) is 4.02. The molecular formula is C21H15ClN2O4. The van der Waals surface area contributed by atoms with Crippen LogP contribution in [-0.2, 0) is 6.54 Å². The number of aromatic nitrogens is 2. The van der Waals surface area contributed by atoms with Crippen LogP contribution in [-0.4, -0.2) is 16.7 Å². The van der Waals surface area contributed by atoms with Crippen LogP contribution in [0.4, 0.5) is 0 Å². The zero-order valence-corrected chi connectivity index (χ0v) is 15.7. The maximum Gasteiger partial charge on any atom is 0.269 e. The second-order valence-electron chi connectivity index (χ2n) is 6.12. The number of methoxy groups -OCH3 is 1. The van der Waals surface area contributed by atoms with Gasteiger partial charge in [0, 0.05) is 23.2 Å². The lowest BCUT2D eigenvalue weighted by atomic mass is 10.1. The molecule has 0 fully saturated rings. The van der Waals surface area contributed by atoms with Crippen LogP contribution >= 0.6 is 11.6 Å². The van der Waals surface area contributed by atoms with Crippen molar-refractivity contribution in [2.75, 3.05) is 7.11 Å². The topological polar surface area (TPSA) is 74.3 Å². The molecule has 6 nitrogen and oxygen atoms in total. The molecule has 4 aromatic rings. The first-order valence-corrected chi connectivity index (χ1v) is 8.83. The quantitative estimate of drug-likeness (QED) is 0.386. The van der Waals surface area contributed by atoms with E-state index in [9.17, 15) is 9.59 Å². The molecule has 2 heterocycles. The van der Waals surface area contributed by atoms with Gasteiger partial charge < -0.3 is 9.15 Å². The first-order valence-electron chi connectivity index (χ1n) is 8.45. The van der Waals surface area contributed by atoms with E-state index in [1.54, 1.807) is 48.5 Å². The Balaban J connectivity index is 2.12. The van der Waals surface area contributed by atoms with Gasteiger partial charge in [-0.15, -0.1) is 6.58 Å². The average molecular weight is 395 g/mol. The number of nitrogens with zero attached hydrogens (tertiary/aromatic N) is 2. The summed E-state index contributed by atoms with van der Waals surface area (Å²) >= 11 is 5.96. The molecule has 0 saturated heterocycles. The van der Waals surface area contributed by atoms with Crippen LogP contribution in [0, 0.1) is 0 Å². The third-order valence-corrected chi connectivity index (χ3v) is 4.67. The Labute approximate surface area is 164 Å². The van der Waals surface area contributed by atoms with Crippen molar-refractivity contribution in [1.29, 1.82) is 0 Å². The molecule has 7 heteroatoms. The van der Waals surface area contributed by atoms with Crippen molar-refractivity contribution in [2.45, 2.75) is 6.54 Å². The zero-order chi connectivity index (χ0) is 19.8. The highest BCUT2D eigenvalue weighted by Gasteiger charge is 2.18. The molecule has 0 atom stereocenters. The monoisotopic (exact) mass is 394 g/mol. The van der Waals surface area contributed by atoms with Crippen LogP contribution in [0.3, 0.4) is 0 Å². The van der Waals surface area contributed by atoms with E-state index in [0.29, 0.717) is 27.7 Å². The van der Waals surface area contributed by atoms with Gasteiger partial charge in [-0.05, 0) is 36.4 Å². The number of hydrogen-bond acceptors (Lipinski definition) is 5. The van der Waals surface area contributed by atoms with E-state index in [1.165, 1.54) is 11.7 Å². The van der Waals surface area contributed by atoms with Gasteiger partial charge in [0.25, 0.3) is 5.56 Å². The smallest absolute Gasteiger partial charge is 0.269 e. The van der Waals surface area contributed by atoms with E-state index in [1.807, 2.05) is 0 Å². The van der Waals surface area contributed by atoms with Gasteiger partial charge in [0.15, 0.2) is 5.39 Å². The summed E-state index contributed by atoms with van der Waals surface area (Å²) in [6.45, 7) is 3.89. The van der Waals surface area contributed by atoms with E-state index < -0.39 is 11.0 Å². The summed E-state index contributed by atoms with van der Waals surface area (Å²) in [7, 11) is 1.52. The van der Waals surface area contributed by atoms with E-state index in [-0.39, 0.29) is 23.0 Å². The highest BCUT2D eigenvalue weighted by atomic mass is 35.5. The first kappa shape index (κ1) is 18.0. The average Bonchev–Trinajstić information content (AvgIpc) is 2.70. The summed E-state index contributed by atoms with van der Waals surface area (Å²) in [5.41, 5.74) is 0.0186. The maximum atomic E-state index is 13.1. The lowest BCUT2D eigenvalue weighted by Crippen LogP contribution is -2.27. The molecular weight excluding hydrogens is 380 g/mol. The largest absolute Gasteiger partial charge is 0.497 e. The molecule has 0 aliphatic rings. The van der Waals surface area contributed by atoms with Gasteiger partial charge in [-0.1, -0.05) is 17.7 Å². The highest BCUT2D eigenvalue weighted by Crippen LogP contribution is 2.24. The normalized spacial score (nSPS) is 11.1. The minimum absolute atomic E-state index is 0.0268. The predicted molar refractivity (Wildman–Crippen MR) is 109 cm³/mol. The Hall–Kier alpha value is -3.38. The number of rotatable bonds is 4. The van der Waals surface area contributed by atoms with E-state index in [2.05, 4.69) is 11.6 Å². The van der Waals surface area contributed by atoms with Crippen molar-refractivity contribution in [3.05, 3.63) is 80.7 Å². The van der Waals surface area contributed by atoms with Crippen molar-refractivity contribution < 1.29 is 9.15 Å². The number of fused-ring (bicyclic) bond motifs is 2. The number of benzene rings is 2. The van der Waals surface area contributed by atoms with Crippen LogP contribution in [0.1, 0.15) is 0 Å². The lowest BCUT2D eigenvalue weighted by molar-refractivity contribution is 0.414. The minimum Gasteiger partial charge on any atom is -0.497 e. The second kappa shape index (κ2) is 6.98. The molecule has 0 aliphatic heterocycles. The third kappa shape index (κ3) is 2.88. The van der Waals surface area contributed by atoms with E-state index >= 15 is 0 Å². The highest BCUT2D eigenvalue weighted by molar-refractivity contribution is 6.30. The minimum atomic E-state index is -0.485. The molecule has 0 amide bonds. The first-order chi connectivity index (χ1) is 13.5. The molecule has 0 radical (unpaired) electrons. The Morgan fingerprint density at radius 3 is 2.64 bits per heavy atom. The molecule has 28 heavy (non-hydrogen) atoms. The Morgan fingerprint density at radius 1 is 1.21 bits per heavy atom. The molecule has 2 aromatic heterocycles. The van der Waals surface area contributed by atoms with Gasteiger partial charge in [-0.25, -0.2) is 0 Å². The van der Waals surface area contributed by atoms with Gasteiger partial charge in [0.2, 0.25) is 11.1 Å². The molecule has 0 saturated carbocycles. The molecule has 140 valence electrons. The summed E-state index contributed by atoms with van der Waals surface area (Å²) in [5.74, 6) is 0.896. The molecule has 2 aromatic carbocycles. The molecule has 4 rings (SSSR count). The summed E-state index contributed by atoms with van der Waals surface area (Å²) < 4.78 is 12.4. The van der Waals surface area contributed by atoms with Crippen molar-refractivity contribution in [3.8, 4) is 17.1 Å². The number of halogens is 1.